The Labute approximate surface area is 166 Å². The fraction of sp³-hybridized carbons (Fsp3) is 0.650. The molecule has 3 amide bonds. The standard InChI is InChI=1S/C20H31N3O3S/c1-4-18(24)21-14-20(26)23-8-7-22(9-10-27-23)19(25)6-5-17-12-15(2)11-16(3)13-17/h4,16-17H,1-2,5-14H2,3H3,(H,21,24). The molecule has 1 heterocycles. The molecule has 0 aromatic carbocycles. The Bertz CT molecular complexity index is 593. The van der Waals surface area contributed by atoms with Crippen LogP contribution in [0.15, 0.2) is 24.8 Å². The van der Waals surface area contributed by atoms with Crippen molar-refractivity contribution in [2.45, 2.75) is 39.0 Å². The lowest BCUT2D eigenvalue weighted by atomic mass is 9.78. The highest BCUT2D eigenvalue weighted by atomic mass is 32.2. The topological polar surface area (TPSA) is 69.7 Å². The first-order valence-corrected chi connectivity index (χ1v) is 10.6. The van der Waals surface area contributed by atoms with Crippen molar-refractivity contribution in [1.82, 2.24) is 14.5 Å². The maximum absolute atomic E-state index is 12.6. The minimum absolute atomic E-state index is 0.0461. The molecule has 0 aromatic heterocycles. The third-order valence-corrected chi connectivity index (χ3v) is 6.19. The minimum Gasteiger partial charge on any atom is -0.343 e. The molecular weight excluding hydrogens is 362 g/mol. The number of hydrogen-bond acceptors (Lipinski definition) is 4. The van der Waals surface area contributed by atoms with Gasteiger partial charge in [-0.2, -0.15) is 0 Å². The van der Waals surface area contributed by atoms with Gasteiger partial charge in [0.2, 0.25) is 11.8 Å². The van der Waals surface area contributed by atoms with Gasteiger partial charge in [0.15, 0.2) is 0 Å². The van der Waals surface area contributed by atoms with Gasteiger partial charge >= 0.3 is 0 Å². The monoisotopic (exact) mass is 393 g/mol. The Morgan fingerprint density at radius 1 is 1.22 bits per heavy atom. The maximum atomic E-state index is 12.6. The summed E-state index contributed by atoms with van der Waals surface area (Å²) in [5.74, 6) is 1.58. The predicted molar refractivity (Wildman–Crippen MR) is 109 cm³/mol. The van der Waals surface area contributed by atoms with E-state index in [1.807, 2.05) is 4.90 Å². The number of nitrogens with one attached hydrogen (secondary N) is 1. The Morgan fingerprint density at radius 2 is 2.00 bits per heavy atom. The van der Waals surface area contributed by atoms with Crippen LogP contribution >= 0.6 is 11.9 Å². The summed E-state index contributed by atoms with van der Waals surface area (Å²) in [6, 6.07) is 0. The van der Waals surface area contributed by atoms with Gasteiger partial charge in [-0.05, 0) is 55.5 Å². The van der Waals surface area contributed by atoms with Crippen molar-refractivity contribution in [3.8, 4) is 0 Å². The van der Waals surface area contributed by atoms with Crippen LogP contribution in [0, 0.1) is 11.8 Å². The number of allylic oxidation sites excluding steroid dienone is 1. The van der Waals surface area contributed by atoms with Crippen LogP contribution in [0.3, 0.4) is 0 Å². The first kappa shape index (κ1) is 21.5. The van der Waals surface area contributed by atoms with E-state index in [4.69, 9.17) is 0 Å². The van der Waals surface area contributed by atoms with Crippen molar-refractivity contribution in [3.63, 3.8) is 0 Å². The second kappa shape index (κ2) is 10.5. The second-order valence-electron chi connectivity index (χ2n) is 7.54. The third-order valence-electron chi connectivity index (χ3n) is 5.13. The number of carbonyl (C=O) groups is 3. The molecule has 2 fully saturated rings. The predicted octanol–water partition coefficient (Wildman–Crippen LogP) is 2.38. The lowest BCUT2D eigenvalue weighted by Crippen LogP contribution is -2.39. The molecule has 1 saturated carbocycles. The van der Waals surface area contributed by atoms with Gasteiger partial charge in [0.1, 0.15) is 0 Å². The Hall–Kier alpha value is -1.76. The number of amides is 3. The van der Waals surface area contributed by atoms with Crippen molar-refractivity contribution < 1.29 is 14.4 Å². The number of hydrogen-bond donors (Lipinski definition) is 1. The minimum atomic E-state index is -0.361. The molecule has 1 N–H and O–H groups in total. The van der Waals surface area contributed by atoms with Crippen LogP contribution in [0.4, 0.5) is 0 Å². The van der Waals surface area contributed by atoms with Crippen LogP contribution in [0.25, 0.3) is 0 Å². The average molecular weight is 394 g/mol. The molecule has 0 spiro atoms. The number of carbonyl (C=O) groups excluding carboxylic acids is 3. The van der Waals surface area contributed by atoms with Gasteiger partial charge < -0.3 is 10.2 Å². The quantitative estimate of drug-likeness (QED) is 0.427. The van der Waals surface area contributed by atoms with E-state index < -0.39 is 0 Å². The summed E-state index contributed by atoms with van der Waals surface area (Å²) in [5.41, 5.74) is 1.31. The highest BCUT2D eigenvalue weighted by molar-refractivity contribution is 7.97. The van der Waals surface area contributed by atoms with Gasteiger partial charge in [-0.15, -0.1) is 0 Å². The lowest BCUT2D eigenvalue weighted by Gasteiger charge is -2.29. The molecule has 6 nitrogen and oxygen atoms in total. The Balaban J connectivity index is 1.75. The van der Waals surface area contributed by atoms with Crippen molar-refractivity contribution in [2.75, 3.05) is 31.9 Å². The normalized spacial score (nSPS) is 23.5. The molecule has 2 aliphatic rings. The maximum Gasteiger partial charge on any atom is 0.251 e. The van der Waals surface area contributed by atoms with Gasteiger partial charge in [-0.1, -0.05) is 25.7 Å². The summed E-state index contributed by atoms with van der Waals surface area (Å²) in [7, 11) is 0. The summed E-state index contributed by atoms with van der Waals surface area (Å²) < 4.78 is 1.64. The molecule has 7 heteroatoms. The van der Waals surface area contributed by atoms with Gasteiger partial charge in [0, 0.05) is 25.3 Å². The molecule has 27 heavy (non-hydrogen) atoms. The summed E-state index contributed by atoms with van der Waals surface area (Å²) in [4.78, 5) is 37.8. The van der Waals surface area contributed by atoms with Gasteiger partial charge in [0.05, 0.1) is 13.1 Å². The summed E-state index contributed by atoms with van der Waals surface area (Å²) in [6.45, 7) is 11.4. The van der Waals surface area contributed by atoms with E-state index in [-0.39, 0.29) is 24.3 Å². The van der Waals surface area contributed by atoms with Crippen molar-refractivity contribution in [3.05, 3.63) is 24.8 Å². The molecule has 0 radical (unpaired) electrons. The molecule has 1 saturated heterocycles. The van der Waals surface area contributed by atoms with Crippen LogP contribution in [0.2, 0.25) is 0 Å². The zero-order chi connectivity index (χ0) is 19.8. The van der Waals surface area contributed by atoms with E-state index in [1.54, 1.807) is 4.31 Å². The van der Waals surface area contributed by atoms with Crippen molar-refractivity contribution >= 4 is 29.7 Å². The zero-order valence-electron chi connectivity index (χ0n) is 16.2. The fourth-order valence-corrected chi connectivity index (χ4v) is 4.79. The molecule has 2 unspecified atom stereocenters. The molecule has 1 aliphatic heterocycles. The van der Waals surface area contributed by atoms with Crippen LogP contribution in [0.5, 0.6) is 0 Å². The first-order valence-electron chi connectivity index (χ1n) is 9.67. The van der Waals surface area contributed by atoms with Gasteiger partial charge in [-0.3, -0.25) is 18.7 Å². The van der Waals surface area contributed by atoms with Gasteiger partial charge in [-0.25, -0.2) is 0 Å². The molecule has 150 valence electrons. The zero-order valence-corrected chi connectivity index (χ0v) is 17.1. The first-order chi connectivity index (χ1) is 12.9. The highest BCUT2D eigenvalue weighted by Crippen LogP contribution is 2.34. The fourth-order valence-electron chi connectivity index (χ4n) is 3.84. The average Bonchev–Trinajstić information content (AvgIpc) is 2.89. The molecule has 0 bridgehead atoms. The lowest BCUT2D eigenvalue weighted by molar-refractivity contribution is -0.132. The van der Waals surface area contributed by atoms with E-state index in [0.29, 0.717) is 43.6 Å². The van der Waals surface area contributed by atoms with Crippen LogP contribution in [-0.2, 0) is 14.4 Å². The van der Waals surface area contributed by atoms with Crippen LogP contribution in [-0.4, -0.2) is 58.9 Å². The van der Waals surface area contributed by atoms with Gasteiger partial charge in [0.25, 0.3) is 5.91 Å². The smallest absolute Gasteiger partial charge is 0.251 e. The van der Waals surface area contributed by atoms with Crippen molar-refractivity contribution in [2.24, 2.45) is 11.8 Å². The van der Waals surface area contributed by atoms with Crippen LogP contribution < -0.4 is 5.32 Å². The Morgan fingerprint density at radius 3 is 2.70 bits per heavy atom. The van der Waals surface area contributed by atoms with E-state index in [2.05, 4.69) is 25.4 Å². The summed E-state index contributed by atoms with van der Waals surface area (Å²) in [6.07, 6.45) is 5.98. The summed E-state index contributed by atoms with van der Waals surface area (Å²) >= 11 is 1.42. The van der Waals surface area contributed by atoms with Crippen molar-refractivity contribution in [1.29, 1.82) is 0 Å². The number of nitrogens with zero attached hydrogens (tertiary/aromatic N) is 2. The Kier molecular flexibility index (Phi) is 8.41. The third kappa shape index (κ3) is 7.05. The molecule has 0 aromatic rings. The SMILES string of the molecule is C=CC(=O)NCC(=O)N1CCN(C(=O)CCC2CC(=C)CC(C)C2)CCS1. The van der Waals surface area contributed by atoms with E-state index in [0.717, 1.165) is 25.3 Å². The largest absolute Gasteiger partial charge is 0.343 e. The van der Waals surface area contributed by atoms with E-state index in [1.165, 1.54) is 23.9 Å². The number of rotatable bonds is 6. The molecule has 2 rings (SSSR count). The second-order valence-corrected chi connectivity index (χ2v) is 8.64. The van der Waals surface area contributed by atoms with E-state index in [9.17, 15) is 14.4 Å². The van der Waals surface area contributed by atoms with E-state index >= 15 is 0 Å². The molecule has 1 aliphatic carbocycles. The highest BCUT2D eigenvalue weighted by Gasteiger charge is 2.25. The molecule has 2 atom stereocenters. The summed E-state index contributed by atoms with van der Waals surface area (Å²) in [5, 5.41) is 2.50. The van der Waals surface area contributed by atoms with Crippen LogP contribution in [0.1, 0.15) is 39.0 Å². The molecular formula is C20H31N3O3S.